The third-order valence-corrected chi connectivity index (χ3v) is 4.95. The molecule has 0 amide bonds. The molecule has 0 aliphatic heterocycles. The first-order valence-corrected chi connectivity index (χ1v) is 8.26. The number of rotatable bonds is 7. The highest BCUT2D eigenvalue weighted by Gasteiger charge is 2.14. The van der Waals surface area contributed by atoms with Gasteiger partial charge in [-0.1, -0.05) is 38.2 Å². The van der Waals surface area contributed by atoms with Crippen LogP contribution in [-0.4, -0.2) is 5.78 Å². The van der Waals surface area contributed by atoms with Gasteiger partial charge in [-0.2, -0.15) is 0 Å². The molecule has 100 valence electrons. The van der Waals surface area contributed by atoms with E-state index >= 15 is 0 Å². The van der Waals surface area contributed by atoms with Crippen LogP contribution in [0.1, 0.15) is 62.7 Å². The van der Waals surface area contributed by atoms with E-state index in [1.807, 2.05) is 0 Å². The maximum atomic E-state index is 11.8. The van der Waals surface area contributed by atoms with Gasteiger partial charge in [0.1, 0.15) is 5.78 Å². The van der Waals surface area contributed by atoms with Crippen LogP contribution in [0.2, 0.25) is 0 Å². The molecule has 18 heavy (non-hydrogen) atoms. The van der Waals surface area contributed by atoms with Crippen molar-refractivity contribution >= 4 is 17.1 Å². The van der Waals surface area contributed by atoms with Crippen LogP contribution >= 0.6 is 11.3 Å². The molecular formula is C16H24OS. The van der Waals surface area contributed by atoms with E-state index in [1.54, 1.807) is 11.3 Å². The van der Waals surface area contributed by atoms with E-state index in [-0.39, 0.29) is 0 Å². The Morgan fingerprint density at radius 2 is 2.06 bits per heavy atom. The molecule has 0 radical (unpaired) electrons. The first kappa shape index (κ1) is 13.8. The van der Waals surface area contributed by atoms with E-state index in [0.29, 0.717) is 5.78 Å². The van der Waals surface area contributed by atoms with Crippen LogP contribution in [0, 0.1) is 5.92 Å². The summed E-state index contributed by atoms with van der Waals surface area (Å²) < 4.78 is 0. The van der Waals surface area contributed by atoms with E-state index in [1.165, 1.54) is 37.0 Å². The van der Waals surface area contributed by atoms with E-state index in [9.17, 15) is 4.79 Å². The zero-order valence-electron chi connectivity index (χ0n) is 11.2. The smallest absolute Gasteiger partial charge is 0.132 e. The van der Waals surface area contributed by atoms with Crippen LogP contribution in [0.25, 0.3) is 0 Å². The normalized spacial score (nSPS) is 16.9. The van der Waals surface area contributed by atoms with Gasteiger partial charge in [0.15, 0.2) is 0 Å². The Kier molecular flexibility index (Phi) is 5.92. The highest BCUT2D eigenvalue weighted by atomic mass is 32.1. The van der Waals surface area contributed by atoms with Gasteiger partial charge in [-0.05, 0) is 36.6 Å². The molecule has 1 fully saturated rings. The number of carbonyl (C=O) groups excluding carboxylic acids is 1. The molecule has 2 heteroatoms. The maximum absolute atomic E-state index is 11.8. The molecule has 0 bridgehead atoms. The number of hydrogen-bond acceptors (Lipinski definition) is 2. The molecule has 0 N–H and O–H groups in total. The van der Waals surface area contributed by atoms with Gasteiger partial charge in [-0.15, -0.1) is 11.3 Å². The Bertz CT molecular complexity index is 336. The van der Waals surface area contributed by atoms with Crippen LogP contribution in [0.5, 0.6) is 0 Å². The minimum absolute atomic E-state index is 0.483. The summed E-state index contributed by atoms with van der Waals surface area (Å²) in [4.78, 5) is 13.2. The summed E-state index contributed by atoms with van der Waals surface area (Å²) in [5.41, 5.74) is 0. The Hall–Kier alpha value is -0.630. The average Bonchev–Trinajstić information content (AvgIpc) is 2.91. The first-order valence-electron chi connectivity index (χ1n) is 7.38. The van der Waals surface area contributed by atoms with Gasteiger partial charge in [0.05, 0.1) is 0 Å². The second-order valence-electron chi connectivity index (χ2n) is 5.51. The highest BCUT2D eigenvalue weighted by molar-refractivity contribution is 7.09. The Morgan fingerprint density at radius 1 is 1.22 bits per heavy atom. The lowest BCUT2D eigenvalue weighted by Crippen LogP contribution is -2.09. The van der Waals surface area contributed by atoms with Crippen molar-refractivity contribution in [2.24, 2.45) is 5.92 Å². The highest BCUT2D eigenvalue weighted by Crippen LogP contribution is 2.27. The van der Waals surface area contributed by atoms with Crippen molar-refractivity contribution in [1.82, 2.24) is 0 Å². The molecule has 0 atom stereocenters. The number of Topliss-reactive ketones (excluding diaryl/α,β-unsaturated/α-hetero) is 1. The SMILES string of the molecule is O=C(CCCc1cccs1)CCC1CCCCC1. The molecule has 1 heterocycles. The lowest BCUT2D eigenvalue weighted by atomic mass is 9.85. The summed E-state index contributed by atoms with van der Waals surface area (Å²) in [5, 5.41) is 2.11. The maximum Gasteiger partial charge on any atom is 0.132 e. The van der Waals surface area contributed by atoms with E-state index in [2.05, 4.69) is 17.5 Å². The number of thiophene rings is 1. The minimum Gasteiger partial charge on any atom is -0.300 e. The number of ketones is 1. The summed E-state index contributed by atoms with van der Waals surface area (Å²) in [6.45, 7) is 0. The third-order valence-electron chi connectivity index (χ3n) is 4.02. The van der Waals surface area contributed by atoms with Crippen molar-refractivity contribution in [2.75, 3.05) is 0 Å². The average molecular weight is 264 g/mol. The molecule has 0 aromatic carbocycles. The van der Waals surface area contributed by atoms with Crippen molar-refractivity contribution in [3.8, 4) is 0 Å². The van der Waals surface area contributed by atoms with Gasteiger partial charge < -0.3 is 0 Å². The van der Waals surface area contributed by atoms with Crippen molar-refractivity contribution in [2.45, 2.75) is 64.2 Å². The summed E-state index contributed by atoms with van der Waals surface area (Å²) in [6, 6.07) is 4.25. The Balaban J connectivity index is 1.54. The molecule has 1 aromatic rings. The minimum atomic E-state index is 0.483. The number of carbonyl (C=O) groups is 1. The summed E-state index contributed by atoms with van der Waals surface area (Å²) in [6.07, 6.45) is 11.8. The first-order chi connectivity index (χ1) is 8.84. The molecule has 1 aliphatic rings. The van der Waals surface area contributed by atoms with Crippen LogP contribution in [0.15, 0.2) is 17.5 Å². The lowest BCUT2D eigenvalue weighted by Gasteiger charge is -2.20. The van der Waals surface area contributed by atoms with Crippen LogP contribution in [-0.2, 0) is 11.2 Å². The second kappa shape index (κ2) is 7.73. The predicted molar refractivity (Wildman–Crippen MR) is 78.1 cm³/mol. The molecule has 2 rings (SSSR count). The van der Waals surface area contributed by atoms with Crippen molar-refractivity contribution in [1.29, 1.82) is 0 Å². The van der Waals surface area contributed by atoms with E-state index < -0.39 is 0 Å². The monoisotopic (exact) mass is 264 g/mol. The molecular weight excluding hydrogens is 240 g/mol. The fourth-order valence-electron chi connectivity index (χ4n) is 2.88. The molecule has 1 aliphatic carbocycles. The standard InChI is InChI=1S/C16H24OS/c17-15(8-4-9-16-10-5-13-18-16)12-11-14-6-2-1-3-7-14/h5,10,13-14H,1-4,6-9,11-12H2. The van der Waals surface area contributed by atoms with Gasteiger partial charge in [0.25, 0.3) is 0 Å². The van der Waals surface area contributed by atoms with Gasteiger partial charge >= 0.3 is 0 Å². The fraction of sp³-hybridized carbons (Fsp3) is 0.688. The summed E-state index contributed by atoms with van der Waals surface area (Å²) in [7, 11) is 0. The zero-order valence-corrected chi connectivity index (χ0v) is 12.0. The second-order valence-corrected chi connectivity index (χ2v) is 6.55. The number of hydrogen-bond donors (Lipinski definition) is 0. The topological polar surface area (TPSA) is 17.1 Å². The van der Waals surface area contributed by atoms with Crippen molar-refractivity contribution in [3.63, 3.8) is 0 Å². The molecule has 0 spiro atoms. The lowest BCUT2D eigenvalue weighted by molar-refractivity contribution is -0.119. The quantitative estimate of drug-likeness (QED) is 0.677. The van der Waals surface area contributed by atoms with Crippen molar-refractivity contribution in [3.05, 3.63) is 22.4 Å². The molecule has 1 aromatic heterocycles. The van der Waals surface area contributed by atoms with Gasteiger partial charge in [-0.3, -0.25) is 4.79 Å². The van der Waals surface area contributed by atoms with Gasteiger partial charge in [0, 0.05) is 17.7 Å². The molecule has 1 nitrogen and oxygen atoms in total. The van der Waals surface area contributed by atoms with Crippen LogP contribution < -0.4 is 0 Å². The van der Waals surface area contributed by atoms with Gasteiger partial charge in [0.2, 0.25) is 0 Å². The Labute approximate surface area is 115 Å². The largest absolute Gasteiger partial charge is 0.300 e. The van der Waals surface area contributed by atoms with Crippen LogP contribution in [0.3, 0.4) is 0 Å². The molecule has 0 unspecified atom stereocenters. The molecule has 0 saturated heterocycles. The van der Waals surface area contributed by atoms with Gasteiger partial charge in [-0.25, -0.2) is 0 Å². The number of aryl methyl sites for hydroxylation is 1. The fourth-order valence-corrected chi connectivity index (χ4v) is 3.63. The molecule has 1 saturated carbocycles. The van der Waals surface area contributed by atoms with E-state index in [4.69, 9.17) is 0 Å². The van der Waals surface area contributed by atoms with E-state index in [0.717, 1.165) is 38.0 Å². The summed E-state index contributed by atoms with van der Waals surface area (Å²) in [5.74, 6) is 1.33. The summed E-state index contributed by atoms with van der Waals surface area (Å²) >= 11 is 1.80. The third kappa shape index (κ3) is 4.93. The van der Waals surface area contributed by atoms with Crippen molar-refractivity contribution < 1.29 is 4.79 Å². The zero-order chi connectivity index (χ0) is 12.6. The Morgan fingerprint density at radius 3 is 2.78 bits per heavy atom. The predicted octanol–water partition coefficient (Wildman–Crippen LogP) is 5.00. The van der Waals surface area contributed by atoms with Crippen LogP contribution in [0.4, 0.5) is 0 Å².